The SMILES string of the molecule is O=C(O)c1coc(C(=O)N2CCN3CCCC3C2)c1. The molecule has 3 rings (SSSR count). The Morgan fingerprint density at radius 2 is 2.16 bits per heavy atom. The van der Waals surface area contributed by atoms with Crippen LogP contribution in [0.2, 0.25) is 0 Å². The first kappa shape index (κ1) is 12.2. The van der Waals surface area contributed by atoms with Gasteiger partial charge in [0.1, 0.15) is 6.26 Å². The summed E-state index contributed by atoms with van der Waals surface area (Å²) in [5.74, 6) is -1.17. The Hall–Kier alpha value is -1.82. The van der Waals surface area contributed by atoms with Crippen molar-refractivity contribution in [3.8, 4) is 0 Å². The molecular weight excluding hydrogens is 248 g/mol. The van der Waals surface area contributed by atoms with Crippen molar-refractivity contribution in [2.75, 3.05) is 26.2 Å². The maximum absolute atomic E-state index is 12.2. The molecule has 3 heterocycles. The van der Waals surface area contributed by atoms with Crippen LogP contribution in [0.25, 0.3) is 0 Å². The van der Waals surface area contributed by atoms with E-state index in [1.54, 1.807) is 4.90 Å². The highest BCUT2D eigenvalue weighted by Gasteiger charge is 2.33. The lowest BCUT2D eigenvalue weighted by Crippen LogP contribution is -2.51. The quantitative estimate of drug-likeness (QED) is 0.859. The molecule has 1 aromatic heterocycles. The minimum Gasteiger partial charge on any atom is -0.478 e. The largest absolute Gasteiger partial charge is 0.478 e. The zero-order valence-electron chi connectivity index (χ0n) is 10.5. The molecule has 1 aromatic rings. The van der Waals surface area contributed by atoms with Gasteiger partial charge in [0.2, 0.25) is 0 Å². The number of carboxylic acid groups (broad SMARTS) is 1. The predicted molar refractivity (Wildman–Crippen MR) is 66.2 cm³/mol. The van der Waals surface area contributed by atoms with Gasteiger partial charge in [-0.25, -0.2) is 4.79 Å². The molecule has 2 fully saturated rings. The summed E-state index contributed by atoms with van der Waals surface area (Å²) in [7, 11) is 0. The summed E-state index contributed by atoms with van der Waals surface area (Å²) in [6.07, 6.45) is 3.43. The van der Waals surface area contributed by atoms with E-state index in [1.165, 1.54) is 12.5 Å². The number of rotatable bonds is 2. The number of carbonyl (C=O) groups is 2. The highest BCUT2D eigenvalue weighted by molar-refractivity contribution is 5.95. The summed E-state index contributed by atoms with van der Waals surface area (Å²) in [4.78, 5) is 27.2. The van der Waals surface area contributed by atoms with Gasteiger partial charge in [-0.3, -0.25) is 9.69 Å². The molecule has 2 aliphatic heterocycles. The van der Waals surface area contributed by atoms with Crippen molar-refractivity contribution in [3.05, 3.63) is 23.7 Å². The van der Waals surface area contributed by atoms with Crippen molar-refractivity contribution in [1.82, 2.24) is 9.80 Å². The van der Waals surface area contributed by atoms with Gasteiger partial charge in [0, 0.05) is 31.7 Å². The second kappa shape index (κ2) is 4.70. The molecule has 2 aliphatic rings. The lowest BCUT2D eigenvalue weighted by molar-refractivity contribution is 0.0541. The highest BCUT2D eigenvalue weighted by Crippen LogP contribution is 2.22. The van der Waals surface area contributed by atoms with Crippen LogP contribution in [0, 0.1) is 0 Å². The number of nitrogens with zero attached hydrogens (tertiary/aromatic N) is 2. The number of hydrogen-bond acceptors (Lipinski definition) is 4. The van der Waals surface area contributed by atoms with Gasteiger partial charge in [0.15, 0.2) is 5.76 Å². The fourth-order valence-corrected chi connectivity index (χ4v) is 2.89. The lowest BCUT2D eigenvalue weighted by Gasteiger charge is -2.37. The Labute approximate surface area is 110 Å². The van der Waals surface area contributed by atoms with E-state index in [1.807, 2.05) is 0 Å². The van der Waals surface area contributed by atoms with Crippen LogP contribution in [-0.4, -0.2) is 59.0 Å². The standard InChI is InChI=1S/C13H16N2O4/c16-12(11-6-9(8-19-11)13(17)18)15-5-4-14-3-1-2-10(14)7-15/h6,8,10H,1-5,7H2,(H,17,18). The number of carbonyl (C=O) groups excluding carboxylic acids is 1. The molecule has 0 saturated carbocycles. The molecule has 102 valence electrons. The highest BCUT2D eigenvalue weighted by atomic mass is 16.4. The molecule has 19 heavy (non-hydrogen) atoms. The fraction of sp³-hybridized carbons (Fsp3) is 0.538. The maximum Gasteiger partial charge on any atom is 0.338 e. The first-order chi connectivity index (χ1) is 9.15. The van der Waals surface area contributed by atoms with Gasteiger partial charge >= 0.3 is 5.97 Å². The van der Waals surface area contributed by atoms with Crippen LogP contribution in [-0.2, 0) is 0 Å². The molecule has 6 nitrogen and oxygen atoms in total. The summed E-state index contributed by atoms with van der Waals surface area (Å²) in [5, 5.41) is 8.82. The summed E-state index contributed by atoms with van der Waals surface area (Å²) < 4.78 is 5.07. The van der Waals surface area contributed by atoms with E-state index < -0.39 is 5.97 Å². The minimum absolute atomic E-state index is 0.0165. The van der Waals surface area contributed by atoms with Gasteiger partial charge in [0.25, 0.3) is 5.91 Å². The van der Waals surface area contributed by atoms with Crippen molar-refractivity contribution in [2.45, 2.75) is 18.9 Å². The predicted octanol–water partition coefficient (Wildman–Crippen LogP) is 0.898. The van der Waals surface area contributed by atoms with Crippen LogP contribution < -0.4 is 0 Å². The molecular formula is C13H16N2O4. The molecule has 6 heteroatoms. The van der Waals surface area contributed by atoms with Crippen LogP contribution >= 0.6 is 0 Å². The van der Waals surface area contributed by atoms with E-state index in [2.05, 4.69) is 4.90 Å². The van der Waals surface area contributed by atoms with E-state index in [4.69, 9.17) is 9.52 Å². The van der Waals surface area contributed by atoms with E-state index in [0.717, 1.165) is 25.8 Å². The summed E-state index contributed by atoms with van der Waals surface area (Å²) in [6.45, 7) is 3.40. The van der Waals surface area contributed by atoms with Gasteiger partial charge in [-0.2, -0.15) is 0 Å². The van der Waals surface area contributed by atoms with E-state index in [0.29, 0.717) is 19.1 Å². The van der Waals surface area contributed by atoms with Crippen LogP contribution in [0.4, 0.5) is 0 Å². The summed E-state index contributed by atoms with van der Waals surface area (Å²) in [5.41, 5.74) is 0.0165. The van der Waals surface area contributed by atoms with Crippen molar-refractivity contribution < 1.29 is 19.1 Å². The fourth-order valence-electron chi connectivity index (χ4n) is 2.89. The molecule has 0 radical (unpaired) electrons. The zero-order valence-corrected chi connectivity index (χ0v) is 10.5. The zero-order chi connectivity index (χ0) is 13.4. The smallest absolute Gasteiger partial charge is 0.338 e. The molecule has 0 spiro atoms. The summed E-state index contributed by atoms with van der Waals surface area (Å²) >= 11 is 0. The summed E-state index contributed by atoms with van der Waals surface area (Å²) in [6, 6.07) is 1.75. The van der Waals surface area contributed by atoms with Gasteiger partial charge in [-0.15, -0.1) is 0 Å². The van der Waals surface area contributed by atoms with Crippen molar-refractivity contribution in [1.29, 1.82) is 0 Å². The normalized spacial score (nSPS) is 23.4. The average Bonchev–Trinajstić information content (AvgIpc) is 3.06. The van der Waals surface area contributed by atoms with Gasteiger partial charge in [0.05, 0.1) is 5.56 Å². The number of fused-ring (bicyclic) bond motifs is 1. The van der Waals surface area contributed by atoms with E-state index >= 15 is 0 Å². The number of amides is 1. The lowest BCUT2D eigenvalue weighted by atomic mass is 10.1. The topological polar surface area (TPSA) is 74.0 Å². The van der Waals surface area contributed by atoms with Crippen LogP contribution in [0.5, 0.6) is 0 Å². The van der Waals surface area contributed by atoms with Gasteiger partial charge < -0.3 is 14.4 Å². The Bertz CT molecular complexity index is 510. The molecule has 0 bridgehead atoms. The molecule has 0 aromatic carbocycles. The number of hydrogen-bond donors (Lipinski definition) is 1. The molecule has 1 amide bonds. The molecule has 1 unspecified atom stereocenters. The molecule has 1 N–H and O–H groups in total. The number of piperazine rings is 1. The third-order valence-electron chi connectivity index (χ3n) is 3.93. The van der Waals surface area contributed by atoms with Crippen LogP contribution in [0.3, 0.4) is 0 Å². The third-order valence-corrected chi connectivity index (χ3v) is 3.93. The number of carboxylic acids is 1. The van der Waals surface area contributed by atoms with E-state index in [9.17, 15) is 9.59 Å². The average molecular weight is 264 g/mol. The minimum atomic E-state index is -1.08. The molecule has 0 aliphatic carbocycles. The third kappa shape index (κ3) is 2.23. The van der Waals surface area contributed by atoms with Crippen molar-refractivity contribution in [2.24, 2.45) is 0 Å². The molecule has 2 saturated heterocycles. The first-order valence-electron chi connectivity index (χ1n) is 6.50. The monoisotopic (exact) mass is 264 g/mol. The van der Waals surface area contributed by atoms with Gasteiger partial charge in [-0.05, 0) is 19.4 Å². The number of aromatic carboxylic acids is 1. The number of furan rings is 1. The van der Waals surface area contributed by atoms with Crippen LogP contribution in [0.1, 0.15) is 33.8 Å². The van der Waals surface area contributed by atoms with Gasteiger partial charge in [-0.1, -0.05) is 0 Å². The van der Waals surface area contributed by atoms with Crippen molar-refractivity contribution >= 4 is 11.9 Å². The Kier molecular flexibility index (Phi) is 3.02. The van der Waals surface area contributed by atoms with E-state index in [-0.39, 0.29) is 17.2 Å². The first-order valence-corrected chi connectivity index (χ1v) is 6.50. The molecule has 1 atom stereocenters. The maximum atomic E-state index is 12.2. The van der Waals surface area contributed by atoms with Crippen molar-refractivity contribution in [3.63, 3.8) is 0 Å². The Balaban J connectivity index is 1.71. The van der Waals surface area contributed by atoms with Crippen LogP contribution in [0.15, 0.2) is 16.7 Å². The Morgan fingerprint density at radius 3 is 2.89 bits per heavy atom. The second-order valence-electron chi connectivity index (χ2n) is 5.09. The Morgan fingerprint density at radius 1 is 1.32 bits per heavy atom. The second-order valence-corrected chi connectivity index (χ2v) is 5.09.